The number of nitrogens with zero attached hydrogens (tertiary/aromatic N) is 1. The van der Waals surface area contributed by atoms with E-state index in [1.807, 2.05) is 0 Å². The Morgan fingerprint density at radius 2 is 2.00 bits per heavy atom. The van der Waals surface area contributed by atoms with Gasteiger partial charge in [0.25, 0.3) is 0 Å². The molecule has 1 aliphatic carbocycles. The highest BCUT2D eigenvalue weighted by Crippen LogP contribution is 2.20. The van der Waals surface area contributed by atoms with Gasteiger partial charge in [0.2, 0.25) is 0 Å². The number of hydrogen-bond donors (Lipinski definition) is 1. The fourth-order valence-corrected chi connectivity index (χ4v) is 2.57. The van der Waals surface area contributed by atoms with Crippen LogP contribution >= 0.6 is 0 Å². The average Bonchev–Trinajstić information content (AvgIpc) is 3.28. The third kappa shape index (κ3) is 4.58. The van der Waals surface area contributed by atoms with Crippen LogP contribution in [0.2, 0.25) is 0 Å². The summed E-state index contributed by atoms with van der Waals surface area (Å²) >= 11 is 0. The average molecular weight is 276 g/mol. The van der Waals surface area contributed by atoms with Crippen LogP contribution < -0.4 is 5.32 Å². The zero-order valence-corrected chi connectivity index (χ0v) is 13.1. The quantitative estimate of drug-likeness (QED) is 0.750. The largest absolute Gasteiger partial charge is 0.383 e. The van der Waals surface area contributed by atoms with Crippen molar-refractivity contribution in [3.8, 4) is 0 Å². The number of hydrogen-bond acceptors (Lipinski definition) is 3. The molecule has 0 aliphatic heterocycles. The Balaban J connectivity index is 1.98. The second-order valence-corrected chi connectivity index (χ2v) is 5.79. The van der Waals surface area contributed by atoms with Gasteiger partial charge in [0, 0.05) is 32.3 Å². The molecule has 0 saturated heterocycles. The lowest BCUT2D eigenvalue weighted by Gasteiger charge is -2.28. The summed E-state index contributed by atoms with van der Waals surface area (Å²) in [4.78, 5) is 2.47. The van der Waals surface area contributed by atoms with Gasteiger partial charge in [-0.25, -0.2) is 0 Å². The van der Waals surface area contributed by atoms with Gasteiger partial charge in [-0.1, -0.05) is 31.2 Å². The summed E-state index contributed by atoms with van der Waals surface area (Å²) in [5.41, 5.74) is 2.87. The first-order valence-corrected chi connectivity index (χ1v) is 7.77. The molecule has 0 amide bonds. The number of methoxy groups -OCH3 is 1. The summed E-state index contributed by atoms with van der Waals surface area (Å²) in [7, 11) is 1.78. The predicted molar refractivity (Wildman–Crippen MR) is 83.7 cm³/mol. The van der Waals surface area contributed by atoms with Crippen molar-refractivity contribution in [2.75, 3.05) is 20.3 Å². The fraction of sp³-hybridized carbons (Fsp3) is 0.647. The zero-order valence-electron chi connectivity index (χ0n) is 13.1. The minimum Gasteiger partial charge on any atom is -0.383 e. The van der Waals surface area contributed by atoms with Gasteiger partial charge >= 0.3 is 0 Å². The van der Waals surface area contributed by atoms with Crippen LogP contribution in [0.3, 0.4) is 0 Å². The molecule has 1 saturated carbocycles. The molecule has 20 heavy (non-hydrogen) atoms. The molecule has 1 atom stereocenters. The maximum Gasteiger partial charge on any atom is 0.0615 e. The molecular weight excluding hydrogens is 248 g/mol. The van der Waals surface area contributed by atoms with Crippen molar-refractivity contribution < 1.29 is 4.74 Å². The minimum atomic E-state index is 0.453. The molecule has 0 spiro atoms. The molecule has 1 fully saturated rings. The third-order valence-corrected chi connectivity index (χ3v) is 4.09. The molecule has 1 unspecified atom stereocenters. The molecule has 0 aromatic heterocycles. The van der Waals surface area contributed by atoms with Crippen LogP contribution in [0.1, 0.15) is 37.8 Å². The van der Waals surface area contributed by atoms with Gasteiger partial charge < -0.3 is 10.1 Å². The molecular formula is C17H28N2O. The van der Waals surface area contributed by atoms with Crippen molar-refractivity contribution in [2.45, 2.75) is 51.9 Å². The predicted octanol–water partition coefficient (Wildman–Crippen LogP) is 2.80. The smallest absolute Gasteiger partial charge is 0.0615 e. The van der Waals surface area contributed by atoms with Gasteiger partial charge in [0.1, 0.15) is 0 Å². The van der Waals surface area contributed by atoms with Crippen LogP contribution in [0.4, 0.5) is 0 Å². The highest BCUT2D eigenvalue weighted by Gasteiger charge is 2.20. The summed E-state index contributed by atoms with van der Waals surface area (Å²) in [5, 5.41) is 3.62. The molecule has 2 rings (SSSR count). The summed E-state index contributed by atoms with van der Waals surface area (Å²) in [6, 6.07) is 10.0. The molecule has 0 bridgehead atoms. The van der Waals surface area contributed by atoms with Crippen molar-refractivity contribution in [3.05, 3.63) is 35.4 Å². The third-order valence-electron chi connectivity index (χ3n) is 4.09. The van der Waals surface area contributed by atoms with Gasteiger partial charge in [-0.15, -0.1) is 0 Å². The molecule has 1 aliphatic rings. The normalized spacial score (nSPS) is 16.6. The van der Waals surface area contributed by atoms with E-state index in [0.717, 1.165) is 32.3 Å². The Morgan fingerprint density at radius 1 is 1.30 bits per heavy atom. The summed E-state index contributed by atoms with van der Waals surface area (Å²) < 4.78 is 5.29. The van der Waals surface area contributed by atoms with Gasteiger partial charge in [0.15, 0.2) is 0 Å². The van der Waals surface area contributed by atoms with Crippen molar-refractivity contribution in [3.63, 3.8) is 0 Å². The number of nitrogens with one attached hydrogen (secondary N) is 1. The molecule has 1 aromatic rings. The van der Waals surface area contributed by atoms with Gasteiger partial charge in [0.05, 0.1) is 6.61 Å². The second kappa shape index (κ2) is 7.77. The molecule has 3 nitrogen and oxygen atoms in total. The Morgan fingerprint density at radius 3 is 2.60 bits per heavy atom. The Labute approximate surface area is 123 Å². The Hall–Kier alpha value is -0.900. The standard InChI is InChI=1S/C17H28N2O/c1-4-19(14(2)13-20-3)12-16-8-6-5-7-15(16)11-18-17-9-10-17/h5-8,14,17-18H,4,9-13H2,1-3H3. The van der Waals surface area contributed by atoms with Crippen LogP contribution in [0.25, 0.3) is 0 Å². The highest BCUT2D eigenvalue weighted by molar-refractivity contribution is 5.27. The topological polar surface area (TPSA) is 24.5 Å². The van der Waals surface area contributed by atoms with Gasteiger partial charge in [-0.05, 0) is 37.4 Å². The van der Waals surface area contributed by atoms with E-state index in [-0.39, 0.29) is 0 Å². The lowest BCUT2D eigenvalue weighted by atomic mass is 10.1. The van der Waals surface area contributed by atoms with Crippen LogP contribution in [0.5, 0.6) is 0 Å². The van der Waals surface area contributed by atoms with E-state index in [9.17, 15) is 0 Å². The van der Waals surface area contributed by atoms with E-state index >= 15 is 0 Å². The molecule has 1 aromatic carbocycles. The minimum absolute atomic E-state index is 0.453. The lowest BCUT2D eigenvalue weighted by Crippen LogP contribution is -2.36. The molecule has 112 valence electrons. The van der Waals surface area contributed by atoms with Gasteiger partial charge in [-0.3, -0.25) is 4.90 Å². The SMILES string of the molecule is CCN(Cc1ccccc1CNC1CC1)C(C)COC. The summed E-state index contributed by atoms with van der Waals surface area (Å²) in [6.07, 6.45) is 2.68. The van der Waals surface area contributed by atoms with Crippen molar-refractivity contribution in [2.24, 2.45) is 0 Å². The highest BCUT2D eigenvalue weighted by atomic mass is 16.5. The first kappa shape index (κ1) is 15.5. The maximum atomic E-state index is 5.29. The van der Waals surface area contributed by atoms with Crippen molar-refractivity contribution in [1.29, 1.82) is 0 Å². The maximum absolute atomic E-state index is 5.29. The number of ether oxygens (including phenoxy) is 1. The van der Waals surface area contributed by atoms with E-state index in [4.69, 9.17) is 4.74 Å². The van der Waals surface area contributed by atoms with Crippen molar-refractivity contribution >= 4 is 0 Å². The van der Waals surface area contributed by atoms with Crippen LogP contribution in [0, 0.1) is 0 Å². The number of rotatable bonds is 9. The fourth-order valence-electron chi connectivity index (χ4n) is 2.57. The molecule has 3 heteroatoms. The molecule has 0 radical (unpaired) electrons. The van der Waals surface area contributed by atoms with E-state index < -0.39 is 0 Å². The zero-order chi connectivity index (χ0) is 14.4. The summed E-state index contributed by atoms with van der Waals surface area (Å²) in [5.74, 6) is 0. The van der Waals surface area contributed by atoms with Gasteiger partial charge in [-0.2, -0.15) is 0 Å². The first-order valence-electron chi connectivity index (χ1n) is 7.77. The molecule has 0 heterocycles. The number of benzene rings is 1. The van der Waals surface area contributed by atoms with Crippen LogP contribution in [-0.4, -0.2) is 37.2 Å². The Kier molecular flexibility index (Phi) is 6.02. The van der Waals surface area contributed by atoms with E-state index in [1.165, 1.54) is 24.0 Å². The Bertz CT molecular complexity index is 404. The second-order valence-electron chi connectivity index (χ2n) is 5.79. The summed E-state index contributed by atoms with van der Waals surface area (Å²) in [6.45, 7) is 8.29. The monoisotopic (exact) mass is 276 g/mol. The van der Waals surface area contributed by atoms with E-state index in [2.05, 4.69) is 48.3 Å². The van der Waals surface area contributed by atoms with Crippen LogP contribution in [-0.2, 0) is 17.8 Å². The van der Waals surface area contributed by atoms with E-state index in [0.29, 0.717) is 6.04 Å². The first-order chi connectivity index (χ1) is 9.74. The van der Waals surface area contributed by atoms with E-state index in [1.54, 1.807) is 7.11 Å². The lowest BCUT2D eigenvalue weighted by molar-refractivity contribution is 0.0980. The number of likely N-dealkylation sites (N-methyl/N-ethyl adjacent to an activating group) is 1. The van der Waals surface area contributed by atoms with Crippen LogP contribution in [0.15, 0.2) is 24.3 Å². The molecule has 1 N–H and O–H groups in total. The van der Waals surface area contributed by atoms with Crippen molar-refractivity contribution in [1.82, 2.24) is 10.2 Å².